The molecule has 9 heteroatoms. The number of β-lactam (4-membered cyclic amide) rings is 1. The second-order valence-electron chi connectivity index (χ2n) is 16.1. The maximum atomic E-state index is 15.6. The van der Waals surface area contributed by atoms with E-state index in [1.54, 1.807) is 12.0 Å². The predicted molar refractivity (Wildman–Crippen MR) is 189 cm³/mol. The first-order chi connectivity index (χ1) is 23.5. The number of carbonyl (C=O) groups is 2. The average Bonchev–Trinajstić information content (AvgIpc) is 3.50. The van der Waals surface area contributed by atoms with Gasteiger partial charge in [-0.1, -0.05) is 94.8 Å². The number of nitrogens with zero attached hydrogens (tertiary/aromatic N) is 2. The van der Waals surface area contributed by atoms with Gasteiger partial charge in [0.25, 0.3) is 0 Å². The molecule has 1 aliphatic heterocycles. The number of carbonyl (C=O) groups excluding carboxylic acids is 2. The Labute approximate surface area is 293 Å². The number of likely N-dealkylation sites (tertiary alicyclic amines) is 1. The summed E-state index contributed by atoms with van der Waals surface area (Å²) in [5.41, 5.74) is 0.0445. The molecular formula is C40H54N2O6S. The highest BCUT2D eigenvalue weighted by Crippen LogP contribution is 2.66. The maximum Gasteiger partial charge on any atom is 0.333 e. The summed E-state index contributed by atoms with van der Waals surface area (Å²) in [7, 11) is -2.27. The third kappa shape index (κ3) is 5.71. The van der Waals surface area contributed by atoms with Gasteiger partial charge in [-0.3, -0.25) is 4.79 Å². The van der Waals surface area contributed by atoms with Crippen LogP contribution in [0, 0.1) is 11.3 Å². The molecule has 7 rings (SSSR count). The van der Waals surface area contributed by atoms with E-state index in [1.165, 1.54) is 0 Å². The van der Waals surface area contributed by atoms with E-state index in [1.807, 2.05) is 58.9 Å². The average molecular weight is 691 g/mol. The molecule has 1 heterocycles. The second-order valence-corrected chi connectivity index (χ2v) is 18.2. The Morgan fingerprint density at radius 2 is 1.47 bits per heavy atom. The molecule has 0 radical (unpaired) electrons. The standard InChI is InChI=1S/C40H54N2O6S/c1-38(2)31-23-24-40(38,49(45,46)42(32-15-9-5-10-16-32)33-17-11-6-12-18-33)35(25-31)48-37(44)39(26-29-13-7-4-8-14-29)27-36(43)41(39)28-30-19-21-34(47-3)22-20-30/h4,7-8,13-14,19-22,31-33,35H,5-6,9-12,15-18,23-28H2,1-3H3/t31-,35-,39-,40-/m1/s1. The van der Waals surface area contributed by atoms with Crippen molar-refractivity contribution in [2.75, 3.05) is 7.11 Å². The lowest BCUT2D eigenvalue weighted by Crippen LogP contribution is -2.70. The summed E-state index contributed by atoms with van der Waals surface area (Å²) in [6, 6.07) is 17.3. The van der Waals surface area contributed by atoms with Gasteiger partial charge in [-0.05, 0) is 79.5 Å². The van der Waals surface area contributed by atoms with Gasteiger partial charge >= 0.3 is 5.97 Å². The number of ether oxygens (including phenoxy) is 2. The smallest absolute Gasteiger partial charge is 0.333 e. The van der Waals surface area contributed by atoms with E-state index in [4.69, 9.17) is 9.47 Å². The molecule has 2 aromatic carbocycles. The summed E-state index contributed by atoms with van der Waals surface area (Å²) in [5.74, 6) is 0.270. The van der Waals surface area contributed by atoms with Crippen molar-refractivity contribution < 1.29 is 27.5 Å². The van der Waals surface area contributed by atoms with Crippen LogP contribution in [0.5, 0.6) is 5.75 Å². The van der Waals surface area contributed by atoms with Crippen LogP contribution >= 0.6 is 0 Å². The van der Waals surface area contributed by atoms with Gasteiger partial charge in [-0.2, -0.15) is 4.31 Å². The number of amides is 1. The third-order valence-electron chi connectivity index (χ3n) is 13.3. The molecule has 266 valence electrons. The van der Waals surface area contributed by atoms with E-state index in [0.717, 1.165) is 87.5 Å². The van der Waals surface area contributed by atoms with E-state index in [9.17, 15) is 9.59 Å². The highest BCUT2D eigenvalue weighted by Gasteiger charge is 2.74. The lowest BCUT2D eigenvalue weighted by molar-refractivity contribution is -0.186. The molecule has 0 spiro atoms. The van der Waals surface area contributed by atoms with Gasteiger partial charge < -0.3 is 14.4 Å². The number of hydrogen-bond donors (Lipinski definition) is 0. The summed E-state index contributed by atoms with van der Waals surface area (Å²) in [6.07, 6.45) is 11.6. The van der Waals surface area contributed by atoms with Gasteiger partial charge in [0, 0.05) is 25.0 Å². The van der Waals surface area contributed by atoms with Crippen LogP contribution in [0.25, 0.3) is 0 Å². The summed E-state index contributed by atoms with van der Waals surface area (Å²) < 4.78 is 44.0. The lowest BCUT2D eigenvalue weighted by Gasteiger charge is -2.52. The minimum atomic E-state index is -3.88. The van der Waals surface area contributed by atoms with E-state index in [-0.39, 0.29) is 36.9 Å². The molecule has 2 bridgehead atoms. The third-order valence-corrected chi connectivity index (χ3v) is 16.4. The quantitative estimate of drug-likeness (QED) is 0.183. The number of esters is 1. The fourth-order valence-electron chi connectivity index (χ4n) is 10.5. The van der Waals surface area contributed by atoms with Crippen LogP contribution in [0.4, 0.5) is 0 Å². The van der Waals surface area contributed by atoms with Crippen molar-refractivity contribution in [1.29, 1.82) is 0 Å². The monoisotopic (exact) mass is 690 g/mol. The minimum Gasteiger partial charge on any atom is -0.497 e. The molecule has 1 saturated heterocycles. The Bertz CT molecular complexity index is 1600. The molecule has 4 saturated carbocycles. The highest BCUT2D eigenvalue weighted by molar-refractivity contribution is 7.90. The van der Waals surface area contributed by atoms with Crippen molar-refractivity contribution >= 4 is 21.9 Å². The number of rotatable bonds is 11. The zero-order valence-electron chi connectivity index (χ0n) is 29.6. The van der Waals surface area contributed by atoms with Gasteiger partial charge in [-0.15, -0.1) is 0 Å². The van der Waals surface area contributed by atoms with E-state index in [2.05, 4.69) is 13.8 Å². The van der Waals surface area contributed by atoms with Gasteiger partial charge in [0.2, 0.25) is 15.9 Å². The van der Waals surface area contributed by atoms with E-state index >= 15 is 8.42 Å². The van der Waals surface area contributed by atoms with E-state index in [0.29, 0.717) is 19.3 Å². The molecule has 49 heavy (non-hydrogen) atoms. The summed E-state index contributed by atoms with van der Waals surface area (Å²) in [5, 5.41) is 0. The van der Waals surface area contributed by atoms with Crippen molar-refractivity contribution in [1.82, 2.24) is 9.21 Å². The first kappa shape index (κ1) is 34.5. The summed E-state index contributed by atoms with van der Waals surface area (Å²) >= 11 is 0. The Morgan fingerprint density at radius 1 is 0.857 bits per heavy atom. The van der Waals surface area contributed by atoms with Crippen LogP contribution in [0.3, 0.4) is 0 Å². The van der Waals surface area contributed by atoms with Crippen molar-refractivity contribution in [2.45, 2.75) is 145 Å². The molecule has 0 aromatic heterocycles. The molecule has 0 unspecified atom stereocenters. The first-order valence-corrected chi connectivity index (χ1v) is 20.2. The Kier molecular flexibility index (Phi) is 9.39. The zero-order chi connectivity index (χ0) is 34.4. The minimum absolute atomic E-state index is 0.0108. The van der Waals surface area contributed by atoms with Crippen molar-refractivity contribution in [3.8, 4) is 5.75 Å². The number of methoxy groups -OCH3 is 1. The van der Waals surface area contributed by atoms with Crippen molar-refractivity contribution in [3.63, 3.8) is 0 Å². The summed E-state index contributed by atoms with van der Waals surface area (Å²) in [6.45, 7) is 4.47. The largest absolute Gasteiger partial charge is 0.497 e. The first-order valence-electron chi connectivity index (χ1n) is 18.7. The number of hydrogen-bond acceptors (Lipinski definition) is 6. The van der Waals surface area contributed by atoms with Gasteiger partial charge in [0.1, 0.15) is 16.6 Å². The summed E-state index contributed by atoms with van der Waals surface area (Å²) in [4.78, 5) is 29.9. The van der Waals surface area contributed by atoms with Crippen LogP contribution in [0.15, 0.2) is 54.6 Å². The molecular weight excluding hydrogens is 637 g/mol. The van der Waals surface area contributed by atoms with Crippen LogP contribution in [0.2, 0.25) is 0 Å². The van der Waals surface area contributed by atoms with Crippen LogP contribution in [-0.2, 0) is 37.3 Å². The van der Waals surface area contributed by atoms with Crippen molar-refractivity contribution in [2.24, 2.45) is 11.3 Å². The van der Waals surface area contributed by atoms with Crippen LogP contribution in [0.1, 0.15) is 115 Å². The molecule has 2 aromatic rings. The highest BCUT2D eigenvalue weighted by atomic mass is 32.2. The number of sulfonamides is 1. The van der Waals surface area contributed by atoms with Crippen LogP contribution < -0.4 is 4.74 Å². The van der Waals surface area contributed by atoms with Crippen molar-refractivity contribution in [3.05, 3.63) is 65.7 Å². The molecule has 5 aliphatic rings. The molecule has 5 fully saturated rings. The fourth-order valence-corrected chi connectivity index (χ4v) is 13.8. The molecule has 4 aliphatic carbocycles. The van der Waals surface area contributed by atoms with Gasteiger partial charge in [-0.25, -0.2) is 13.2 Å². The molecule has 1 amide bonds. The molecule has 0 N–H and O–H groups in total. The second kappa shape index (κ2) is 13.3. The topological polar surface area (TPSA) is 93.2 Å². The molecule has 4 atom stereocenters. The number of benzene rings is 2. The number of fused-ring (bicyclic) bond motifs is 2. The Balaban J connectivity index is 1.24. The van der Waals surface area contributed by atoms with Gasteiger partial charge in [0.15, 0.2) is 5.54 Å². The van der Waals surface area contributed by atoms with Gasteiger partial charge in [0.05, 0.1) is 13.5 Å². The molecule has 8 nitrogen and oxygen atoms in total. The Hall–Kier alpha value is -2.91. The fraction of sp³-hybridized carbons (Fsp3) is 0.650. The predicted octanol–water partition coefficient (Wildman–Crippen LogP) is 7.20. The van der Waals surface area contributed by atoms with Crippen LogP contribution in [-0.4, -0.2) is 65.1 Å². The zero-order valence-corrected chi connectivity index (χ0v) is 30.4. The SMILES string of the molecule is COc1ccc(CN2C(=O)C[C@]2(Cc2ccccc2)C(=O)O[C@@H]2C[C@H]3CC[C@]2(S(=O)(=O)N(C2CCCCC2)C2CCCCC2)C3(C)C)cc1. The lowest BCUT2D eigenvalue weighted by atomic mass is 9.77. The Morgan fingerprint density at radius 3 is 2.02 bits per heavy atom. The maximum absolute atomic E-state index is 15.6. The normalized spacial score (nSPS) is 30.4. The van der Waals surface area contributed by atoms with E-state index < -0.39 is 37.8 Å².